The van der Waals surface area contributed by atoms with Crippen molar-refractivity contribution in [2.24, 2.45) is 0 Å². The molecule has 3 heteroatoms. The lowest BCUT2D eigenvalue weighted by molar-refractivity contribution is 0.589. The van der Waals surface area contributed by atoms with Gasteiger partial charge in [0.15, 0.2) is 0 Å². The van der Waals surface area contributed by atoms with Crippen molar-refractivity contribution in [2.75, 3.05) is 31.1 Å². The fourth-order valence-electron chi connectivity index (χ4n) is 2.22. The van der Waals surface area contributed by atoms with Crippen LogP contribution in [0.4, 0.5) is 5.69 Å². The van der Waals surface area contributed by atoms with Gasteiger partial charge in [-0.25, -0.2) is 0 Å². The summed E-state index contributed by atoms with van der Waals surface area (Å²) in [4.78, 5) is 3.80. The zero-order chi connectivity index (χ0) is 11.5. The van der Waals surface area contributed by atoms with E-state index >= 15 is 0 Å². The van der Waals surface area contributed by atoms with Crippen molar-refractivity contribution in [3.63, 3.8) is 0 Å². The Labute approximate surface area is 106 Å². The second-order valence-electron chi connectivity index (χ2n) is 4.26. The standard InChI is InChI=1S/C14H16N2S/c1-3-12(14-5-2-10-17-14)11-13(4-1)16-8-6-15-7-9-16/h1-5,10-11,15H,6-9H2. The van der Waals surface area contributed by atoms with E-state index in [9.17, 15) is 0 Å². The predicted octanol–water partition coefficient (Wildman–Crippen LogP) is 2.82. The molecule has 2 aromatic rings. The molecule has 0 atom stereocenters. The monoisotopic (exact) mass is 244 g/mol. The summed E-state index contributed by atoms with van der Waals surface area (Å²) in [6.45, 7) is 4.38. The molecule has 0 bridgehead atoms. The van der Waals surface area contributed by atoms with E-state index in [2.05, 4.69) is 52.0 Å². The predicted molar refractivity (Wildman–Crippen MR) is 74.8 cm³/mol. The Kier molecular flexibility index (Phi) is 3.12. The Morgan fingerprint density at radius 1 is 1.06 bits per heavy atom. The lowest BCUT2D eigenvalue weighted by Gasteiger charge is -2.29. The average Bonchev–Trinajstić information content (AvgIpc) is 2.94. The van der Waals surface area contributed by atoms with Crippen molar-refractivity contribution in [3.05, 3.63) is 41.8 Å². The Bertz CT molecular complexity index is 473. The third kappa shape index (κ3) is 2.35. The molecule has 2 nitrogen and oxygen atoms in total. The van der Waals surface area contributed by atoms with Crippen LogP contribution >= 0.6 is 11.3 Å². The van der Waals surface area contributed by atoms with Crippen molar-refractivity contribution in [1.29, 1.82) is 0 Å². The molecule has 88 valence electrons. The molecular formula is C14H16N2S. The van der Waals surface area contributed by atoms with Crippen LogP contribution in [0.1, 0.15) is 0 Å². The number of thiophene rings is 1. The summed E-state index contributed by atoms with van der Waals surface area (Å²) in [5, 5.41) is 5.52. The van der Waals surface area contributed by atoms with Crippen LogP contribution in [-0.4, -0.2) is 26.2 Å². The zero-order valence-electron chi connectivity index (χ0n) is 9.73. The van der Waals surface area contributed by atoms with Gasteiger partial charge in [-0.3, -0.25) is 0 Å². The molecule has 0 amide bonds. The summed E-state index contributed by atoms with van der Waals surface area (Å²) in [5.74, 6) is 0. The van der Waals surface area contributed by atoms with Crippen LogP contribution < -0.4 is 10.2 Å². The van der Waals surface area contributed by atoms with Crippen molar-refractivity contribution >= 4 is 17.0 Å². The third-order valence-electron chi connectivity index (χ3n) is 3.13. The summed E-state index contributed by atoms with van der Waals surface area (Å²) in [5.41, 5.74) is 2.67. The maximum Gasteiger partial charge on any atom is 0.0373 e. The summed E-state index contributed by atoms with van der Waals surface area (Å²) < 4.78 is 0. The Morgan fingerprint density at radius 3 is 2.71 bits per heavy atom. The maximum absolute atomic E-state index is 3.39. The molecule has 3 rings (SSSR count). The Hall–Kier alpha value is -1.32. The summed E-state index contributed by atoms with van der Waals surface area (Å²) in [6, 6.07) is 13.2. The second-order valence-corrected chi connectivity index (χ2v) is 5.21. The first kappa shape index (κ1) is 10.8. The smallest absolute Gasteiger partial charge is 0.0373 e. The SMILES string of the molecule is c1cc(-c2cccs2)cc(N2CCNCC2)c1. The number of hydrogen-bond donors (Lipinski definition) is 1. The van der Waals surface area contributed by atoms with Gasteiger partial charge in [0.25, 0.3) is 0 Å². The number of piperazine rings is 1. The van der Waals surface area contributed by atoms with Gasteiger partial charge in [-0.2, -0.15) is 0 Å². The molecule has 0 spiro atoms. The van der Waals surface area contributed by atoms with Crippen molar-refractivity contribution in [3.8, 4) is 10.4 Å². The van der Waals surface area contributed by atoms with Crippen LogP contribution in [0.25, 0.3) is 10.4 Å². The van der Waals surface area contributed by atoms with Gasteiger partial charge in [0, 0.05) is 36.7 Å². The van der Waals surface area contributed by atoms with Crippen LogP contribution in [0.15, 0.2) is 41.8 Å². The van der Waals surface area contributed by atoms with Crippen molar-refractivity contribution in [1.82, 2.24) is 5.32 Å². The van der Waals surface area contributed by atoms with E-state index in [1.807, 2.05) is 0 Å². The number of nitrogens with one attached hydrogen (secondary N) is 1. The minimum atomic E-state index is 1.09. The van der Waals surface area contributed by atoms with Gasteiger partial charge < -0.3 is 10.2 Å². The van der Waals surface area contributed by atoms with E-state index in [4.69, 9.17) is 0 Å². The fourth-order valence-corrected chi connectivity index (χ4v) is 2.95. The normalized spacial score (nSPS) is 16.1. The van der Waals surface area contributed by atoms with E-state index < -0.39 is 0 Å². The molecule has 1 N–H and O–H groups in total. The maximum atomic E-state index is 3.39. The van der Waals surface area contributed by atoms with Gasteiger partial charge in [-0.15, -0.1) is 11.3 Å². The lowest BCUT2D eigenvalue weighted by Crippen LogP contribution is -2.43. The first-order valence-electron chi connectivity index (χ1n) is 6.03. The summed E-state index contributed by atoms with van der Waals surface area (Å²) >= 11 is 1.80. The van der Waals surface area contributed by atoms with Crippen LogP contribution in [0.2, 0.25) is 0 Å². The highest BCUT2D eigenvalue weighted by molar-refractivity contribution is 7.13. The largest absolute Gasteiger partial charge is 0.369 e. The number of anilines is 1. The third-order valence-corrected chi connectivity index (χ3v) is 4.05. The van der Waals surface area contributed by atoms with Gasteiger partial charge in [-0.05, 0) is 29.1 Å². The lowest BCUT2D eigenvalue weighted by atomic mass is 10.1. The van der Waals surface area contributed by atoms with Gasteiger partial charge >= 0.3 is 0 Å². The first-order chi connectivity index (χ1) is 8.43. The fraction of sp³-hybridized carbons (Fsp3) is 0.286. The van der Waals surface area contributed by atoms with Crippen LogP contribution in [0.5, 0.6) is 0 Å². The second kappa shape index (κ2) is 4.90. The number of nitrogens with zero attached hydrogens (tertiary/aromatic N) is 1. The van der Waals surface area contributed by atoms with Gasteiger partial charge in [0.2, 0.25) is 0 Å². The number of rotatable bonds is 2. The molecule has 0 saturated carbocycles. The highest BCUT2D eigenvalue weighted by Gasteiger charge is 2.10. The van der Waals surface area contributed by atoms with Gasteiger partial charge in [0.05, 0.1) is 0 Å². The van der Waals surface area contributed by atoms with Gasteiger partial charge in [0.1, 0.15) is 0 Å². The molecule has 2 heterocycles. The highest BCUT2D eigenvalue weighted by Crippen LogP contribution is 2.28. The summed E-state index contributed by atoms with van der Waals surface area (Å²) in [6.07, 6.45) is 0. The topological polar surface area (TPSA) is 15.3 Å². The molecule has 1 aromatic heterocycles. The van der Waals surface area contributed by atoms with Crippen LogP contribution in [0.3, 0.4) is 0 Å². The molecule has 1 aliphatic heterocycles. The van der Waals surface area contributed by atoms with E-state index in [0.717, 1.165) is 26.2 Å². The minimum Gasteiger partial charge on any atom is -0.369 e. The zero-order valence-corrected chi connectivity index (χ0v) is 10.5. The van der Waals surface area contributed by atoms with Crippen molar-refractivity contribution < 1.29 is 0 Å². The molecule has 1 aromatic carbocycles. The van der Waals surface area contributed by atoms with Crippen LogP contribution in [-0.2, 0) is 0 Å². The molecule has 1 fully saturated rings. The van der Waals surface area contributed by atoms with E-state index in [1.54, 1.807) is 11.3 Å². The molecule has 1 aliphatic rings. The summed E-state index contributed by atoms with van der Waals surface area (Å²) in [7, 11) is 0. The minimum absolute atomic E-state index is 1.09. The number of hydrogen-bond acceptors (Lipinski definition) is 3. The quantitative estimate of drug-likeness (QED) is 0.874. The molecule has 0 radical (unpaired) electrons. The van der Waals surface area contributed by atoms with E-state index in [0.29, 0.717) is 0 Å². The molecular weight excluding hydrogens is 228 g/mol. The Balaban J connectivity index is 1.88. The highest BCUT2D eigenvalue weighted by atomic mass is 32.1. The molecule has 17 heavy (non-hydrogen) atoms. The average molecular weight is 244 g/mol. The number of benzene rings is 1. The first-order valence-corrected chi connectivity index (χ1v) is 6.91. The van der Waals surface area contributed by atoms with Crippen LogP contribution in [0, 0.1) is 0 Å². The molecule has 1 saturated heterocycles. The van der Waals surface area contributed by atoms with Crippen molar-refractivity contribution in [2.45, 2.75) is 0 Å². The molecule has 0 unspecified atom stereocenters. The Morgan fingerprint density at radius 2 is 1.94 bits per heavy atom. The van der Waals surface area contributed by atoms with E-state index in [1.165, 1.54) is 16.1 Å². The van der Waals surface area contributed by atoms with Gasteiger partial charge in [-0.1, -0.05) is 18.2 Å². The van der Waals surface area contributed by atoms with E-state index in [-0.39, 0.29) is 0 Å². The molecule has 0 aliphatic carbocycles.